The molecule has 0 fully saturated rings. The largest absolute Gasteiger partial charge is 0.237 e. The Balaban J connectivity index is 2.32. The van der Waals surface area contributed by atoms with E-state index in [-0.39, 0.29) is 12.3 Å². The molecule has 0 saturated heterocycles. The summed E-state index contributed by atoms with van der Waals surface area (Å²) in [4.78, 5) is 8.43. The summed E-state index contributed by atoms with van der Waals surface area (Å²) >= 11 is 5.92. The van der Waals surface area contributed by atoms with Crippen molar-refractivity contribution in [2.75, 3.05) is 0 Å². The third-order valence-electron chi connectivity index (χ3n) is 2.64. The highest BCUT2D eigenvalue weighted by Crippen LogP contribution is 2.18. The highest BCUT2D eigenvalue weighted by atomic mass is 35.5. The van der Waals surface area contributed by atoms with E-state index in [0.717, 1.165) is 11.8 Å². The summed E-state index contributed by atoms with van der Waals surface area (Å²) in [6.07, 6.45) is 0.245. The maximum Gasteiger partial charge on any atom is 0.134 e. The maximum absolute atomic E-state index is 13.1. The van der Waals surface area contributed by atoms with Crippen LogP contribution in [0.15, 0.2) is 24.3 Å². The number of halogens is 3. The number of hydrogen-bond acceptors (Lipinski definition) is 2. The molecule has 0 aliphatic rings. The van der Waals surface area contributed by atoms with Crippen molar-refractivity contribution < 1.29 is 8.78 Å². The van der Waals surface area contributed by atoms with Crippen molar-refractivity contribution in [3.63, 3.8) is 0 Å². The molecule has 0 spiro atoms. The van der Waals surface area contributed by atoms with Gasteiger partial charge in [-0.2, -0.15) is 0 Å². The van der Waals surface area contributed by atoms with Crippen molar-refractivity contribution in [3.8, 4) is 0 Å². The second kappa shape index (κ2) is 5.61. The van der Waals surface area contributed by atoms with Crippen LogP contribution < -0.4 is 0 Å². The van der Waals surface area contributed by atoms with Crippen LogP contribution in [0.2, 0.25) is 5.15 Å². The minimum Gasteiger partial charge on any atom is -0.237 e. The van der Waals surface area contributed by atoms with E-state index in [4.69, 9.17) is 11.6 Å². The van der Waals surface area contributed by atoms with Crippen LogP contribution in [-0.4, -0.2) is 9.97 Å². The van der Waals surface area contributed by atoms with E-state index < -0.39 is 11.6 Å². The lowest BCUT2D eigenvalue weighted by Gasteiger charge is -2.08. The smallest absolute Gasteiger partial charge is 0.134 e. The van der Waals surface area contributed by atoms with Gasteiger partial charge in [-0.15, -0.1) is 0 Å². The zero-order chi connectivity index (χ0) is 14.0. The minimum atomic E-state index is -0.610. The van der Waals surface area contributed by atoms with Crippen molar-refractivity contribution >= 4 is 11.6 Å². The normalized spacial score (nSPS) is 11.1. The fourth-order valence-corrected chi connectivity index (χ4v) is 1.96. The maximum atomic E-state index is 13.1. The molecule has 0 saturated carbocycles. The van der Waals surface area contributed by atoms with Gasteiger partial charge in [-0.05, 0) is 29.7 Å². The lowest BCUT2D eigenvalue weighted by atomic mass is 10.1. The van der Waals surface area contributed by atoms with Crippen LogP contribution in [0.5, 0.6) is 0 Å². The molecule has 0 unspecified atom stereocenters. The van der Waals surface area contributed by atoms with E-state index in [2.05, 4.69) is 9.97 Å². The van der Waals surface area contributed by atoms with Gasteiger partial charge in [-0.1, -0.05) is 25.4 Å². The fraction of sp³-hybridized carbons (Fsp3) is 0.286. The Kier molecular flexibility index (Phi) is 4.10. The standard InChI is InChI=1S/C14H13ClF2N2/c1-8(2)12-7-13(15)19-14(18-12)5-9-3-10(16)6-11(17)4-9/h3-4,6-8H,5H2,1-2H3. The van der Waals surface area contributed by atoms with Gasteiger partial charge in [0.1, 0.15) is 22.6 Å². The third kappa shape index (κ3) is 3.70. The molecule has 100 valence electrons. The lowest BCUT2D eigenvalue weighted by Crippen LogP contribution is -2.03. The molecule has 19 heavy (non-hydrogen) atoms. The van der Waals surface area contributed by atoms with E-state index >= 15 is 0 Å². The minimum absolute atomic E-state index is 0.212. The first-order valence-electron chi connectivity index (χ1n) is 5.92. The number of nitrogens with zero attached hydrogens (tertiary/aromatic N) is 2. The molecule has 0 radical (unpaired) electrons. The van der Waals surface area contributed by atoms with Crippen LogP contribution in [0.1, 0.15) is 36.8 Å². The monoisotopic (exact) mass is 282 g/mol. The molecule has 5 heteroatoms. The summed E-state index contributed by atoms with van der Waals surface area (Å²) in [5, 5.41) is 0.338. The first kappa shape index (κ1) is 13.9. The Labute approximate surface area is 115 Å². The molecule has 1 aromatic heterocycles. The van der Waals surface area contributed by atoms with Crippen LogP contribution in [0.3, 0.4) is 0 Å². The Morgan fingerprint density at radius 2 is 1.68 bits per heavy atom. The zero-order valence-electron chi connectivity index (χ0n) is 10.6. The SMILES string of the molecule is CC(C)c1cc(Cl)nc(Cc2cc(F)cc(F)c2)n1. The molecular formula is C14H13ClF2N2. The summed E-state index contributed by atoms with van der Waals surface area (Å²) in [5.74, 6) is -0.549. The van der Waals surface area contributed by atoms with Gasteiger partial charge in [0.2, 0.25) is 0 Å². The van der Waals surface area contributed by atoms with Crippen LogP contribution in [0, 0.1) is 11.6 Å². The van der Waals surface area contributed by atoms with E-state index in [1.54, 1.807) is 6.07 Å². The van der Waals surface area contributed by atoms with Crippen molar-refractivity contribution in [1.29, 1.82) is 0 Å². The quantitative estimate of drug-likeness (QED) is 0.791. The van der Waals surface area contributed by atoms with Gasteiger partial charge < -0.3 is 0 Å². The second-order valence-corrected chi connectivity index (χ2v) is 5.03. The second-order valence-electron chi connectivity index (χ2n) is 4.64. The van der Waals surface area contributed by atoms with Crippen molar-refractivity contribution in [2.24, 2.45) is 0 Å². The van der Waals surface area contributed by atoms with E-state index in [9.17, 15) is 8.78 Å². The van der Waals surface area contributed by atoms with E-state index in [0.29, 0.717) is 16.5 Å². The Hall–Kier alpha value is -1.55. The molecule has 2 nitrogen and oxygen atoms in total. The molecule has 0 N–H and O–H groups in total. The van der Waals surface area contributed by atoms with Crippen molar-refractivity contribution in [1.82, 2.24) is 9.97 Å². The average Bonchev–Trinajstić information content (AvgIpc) is 2.26. The molecule has 0 bridgehead atoms. The molecule has 2 aromatic rings. The molecule has 1 heterocycles. The van der Waals surface area contributed by atoms with Crippen LogP contribution >= 0.6 is 11.6 Å². The van der Waals surface area contributed by atoms with Gasteiger partial charge in [0, 0.05) is 18.2 Å². The summed E-state index contributed by atoms with van der Waals surface area (Å²) < 4.78 is 26.2. The number of aromatic nitrogens is 2. The average molecular weight is 283 g/mol. The van der Waals surface area contributed by atoms with Crippen LogP contribution in [-0.2, 0) is 6.42 Å². The highest BCUT2D eigenvalue weighted by molar-refractivity contribution is 6.29. The highest BCUT2D eigenvalue weighted by Gasteiger charge is 2.09. The van der Waals surface area contributed by atoms with E-state index in [1.165, 1.54) is 12.1 Å². The first-order valence-corrected chi connectivity index (χ1v) is 6.30. The summed E-state index contributed by atoms with van der Waals surface area (Å²) in [6, 6.07) is 5.06. The van der Waals surface area contributed by atoms with Gasteiger partial charge >= 0.3 is 0 Å². The summed E-state index contributed by atoms with van der Waals surface area (Å²) in [6.45, 7) is 3.98. The number of benzene rings is 1. The van der Waals surface area contributed by atoms with Crippen LogP contribution in [0.25, 0.3) is 0 Å². The molecule has 0 aliphatic heterocycles. The topological polar surface area (TPSA) is 25.8 Å². The van der Waals surface area contributed by atoms with Gasteiger partial charge in [-0.3, -0.25) is 0 Å². The van der Waals surface area contributed by atoms with Gasteiger partial charge in [0.25, 0.3) is 0 Å². The summed E-state index contributed by atoms with van der Waals surface area (Å²) in [7, 11) is 0. The molecule has 0 atom stereocenters. The van der Waals surface area contributed by atoms with Crippen molar-refractivity contribution in [2.45, 2.75) is 26.2 Å². The molecule has 0 amide bonds. The summed E-state index contributed by atoms with van der Waals surface area (Å²) in [5.41, 5.74) is 1.29. The first-order chi connectivity index (χ1) is 8.94. The van der Waals surface area contributed by atoms with Gasteiger partial charge in [0.05, 0.1) is 0 Å². The van der Waals surface area contributed by atoms with Gasteiger partial charge in [0.15, 0.2) is 0 Å². The fourth-order valence-electron chi connectivity index (χ4n) is 1.75. The molecule has 0 aliphatic carbocycles. The van der Waals surface area contributed by atoms with E-state index in [1.807, 2.05) is 13.8 Å². The third-order valence-corrected chi connectivity index (χ3v) is 2.83. The molecular weight excluding hydrogens is 270 g/mol. The predicted molar refractivity (Wildman–Crippen MR) is 70.3 cm³/mol. The lowest BCUT2D eigenvalue weighted by molar-refractivity contribution is 0.580. The Bertz CT molecular complexity index is 580. The zero-order valence-corrected chi connectivity index (χ0v) is 11.4. The molecule has 2 rings (SSSR count). The predicted octanol–water partition coefficient (Wildman–Crippen LogP) is 4.12. The van der Waals surface area contributed by atoms with Gasteiger partial charge in [-0.25, -0.2) is 18.7 Å². The Morgan fingerprint density at radius 1 is 1.05 bits per heavy atom. The number of rotatable bonds is 3. The van der Waals surface area contributed by atoms with Crippen molar-refractivity contribution in [3.05, 3.63) is 58.1 Å². The Morgan fingerprint density at radius 3 is 2.26 bits per heavy atom. The molecule has 1 aromatic carbocycles. The number of hydrogen-bond donors (Lipinski definition) is 0. The van der Waals surface area contributed by atoms with Crippen LogP contribution in [0.4, 0.5) is 8.78 Å².